The van der Waals surface area contributed by atoms with Crippen LogP contribution in [0.5, 0.6) is 5.75 Å². The number of carbonyl (C=O) groups is 1. The van der Waals surface area contributed by atoms with Crippen molar-refractivity contribution in [3.63, 3.8) is 0 Å². The second-order valence-corrected chi connectivity index (χ2v) is 7.09. The molecule has 1 atom stereocenters. The molecule has 0 aliphatic rings. The number of hydrogen-bond acceptors (Lipinski definition) is 5. The summed E-state index contributed by atoms with van der Waals surface area (Å²) in [6.07, 6.45) is -2.42. The van der Waals surface area contributed by atoms with Crippen molar-refractivity contribution in [3.8, 4) is 5.75 Å². The van der Waals surface area contributed by atoms with Crippen LogP contribution >= 0.6 is 11.6 Å². The number of aliphatic hydroxyl groups is 1. The number of carboxylic acids is 1. The largest absolute Gasteiger partial charge is 0.534 e. The Hall–Kier alpha value is -2.11. The first kappa shape index (κ1) is 20.2. The zero-order chi connectivity index (χ0) is 20.0. The Bertz CT molecular complexity index is 1000. The first-order valence-corrected chi connectivity index (χ1v) is 8.38. The molecule has 0 amide bonds. The van der Waals surface area contributed by atoms with Crippen molar-refractivity contribution in [1.29, 1.82) is 0 Å². The van der Waals surface area contributed by atoms with Gasteiger partial charge in [0.15, 0.2) is 11.9 Å². The third-order valence-electron chi connectivity index (χ3n) is 3.36. The first-order valence-electron chi connectivity index (χ1n) is 6.60. The van der Waals surface area contributed by atoms with Crippen LogP contribution in [0.2, 0.25) is 5.02 Å². The van der Waals surface area contributed by atoms with E-state index in [9.17, 15) is 35.9 Å². The van der Waals surface area contributed by atoms with Crippen LogP contribution in [0.15, 0.2) is 18.2 Å². The molecular weight excluding hydrogens is 408 g/mol. The van der Waals surface area contributed by atoms with Crippen molar-refractivity contribution in [2.75, 3.05) is 0 Å². The summed E-state index contributed by atoms with van der Waals surface area (Å²) in [5.41, 5.74) is -6.71. The van der Waals surface area contributed by atoms with Gasteiger partial charge in [-0.3, -0.25) is 0 Å². The number of halogens is 5. The summed E-state index contributed by atoms with van der Waals surface area (Å²) in [6.45, 7) is 1.20. The molecule has 0 saturated heterocycles. The number of hydrogen-bond donors (Lipinski definition) is 2. The van der Waals surface area contributed by atoms with Gasteiger partial charge in [0.05, 0.1) is 5.02 Å². The molecule has 2 rings (SSSR count). The lowest BCUT2D eigenvalue weighted by Gasteiger charge is -2.19. The zero-order valence-corrected chi connectivity index (χ0v) is 14.2. The number of aliphatic hydroxyl groups excluding tert-OH is 1. The lowest BCUT2D eigenvalue weighted by Crippen LogP contribution is -2.29. The van der Waals surface area contributed by atoms with E-state index in [0.717, 1.165) is 6.07 Å². The molecule has 0 aromatic heterocycles. The maximum atomic E-state index is 13.7. The monoisotopic (exact) mass is 416 g/mol. The van der Waals surface area contributed by atoms with Crippen LogP contribution in [0.1, 0.15) is 17.2 Å². The smallest absolute Gasteiger partial charge is 0.479 e. The summed E-state index contributed by atoms with van der Waals surface area (Å²) in [7, 11) is -6.22. The molecule has 0 aliphatic heterocycles. The van der Waals surface area contributed by atoms with Crippen molar-refractivity contribution >= 4 is 38.5 Å². The van der Waals surface area contributed by atoms with Crippen LogP contribution in [0, 0.1) is 12.7 Å². The molecule has 0 heterocycles. The van der Waals surface area contributed by atoms with Crippen molar-refractivity contribution in [2.24, 2.45) is 0 Å². The van der Waals surface area contributed by atoms with Gasteiger partial charge in [-0.05, 0) is 30.0 Å². The van der Waals surface area contributed by atoms with E-state index in [1.54, 1.807) is 0 Å². The third-order valence-corrected chi connectivity index (χ3v) is 4.61. The molecule has 6 nitrogen and oxygen atoms in total. The highest BCUT2D eigenvalue weighted by molar-refractivity contribution is 7.88. The normalized spacial score (nSPS) is 13.7. The predicted octanol–water partition coefficient (Wildman–Crippen LogP) is 3.29. The number of benzene rings is 2. The van der Waals surface area contributed by atoms with E-state index in [0.29, 0.717) is 6.07 Å². The minimum Gasteiger partial charge on any atom is -0.479 e. The predicted molar refractivity (Wildman–Crippen MR) is 81.9 cm³/mol. The Kier molecular flexibility index (Phi) is 5.10. The Morgan fingerprint density at radius 3 is 2.35 bits per heavy atom. The maximum absolute atomic E-state index is 13.7. The summed E-state index contributed by atoms with van der Waals surface area (Å²) in [5.74, 6) is -4.15. The fourth-order valence-corrected chi connectivity index (χ4v) is 2.89. The van der Waals surface area contributed by atoms with Gasteiger partial charge in [-0.15, -0.1) is 0 Å². The Balaban J connectivity index is 2.92. The molecule has 0 fully saturated rings. The highest BCUT2D eigenvalue weighted by Gasteiger charge is 2.49. The quantitative estimate of drug-likeness (QED) is 0.450. The molecule has 2 aromatic rings. The number of aryl methyl sites for hydroxylation is 1. The summed E-state index contributed by atoms with van der Waals surface area (Å²) < 4.78 is 78.6. The number of aliphatic carboxylic acids is 1. The first-order chi connectivity index (χ1) is 11.8. The lowest BCUT2D eigenvalue weighted by atomic mass is 9.96. The van der Waals surface area contributed by atoms with Crippen LogP contribution < -0.4 is 4.18 Å². The van der Waals surface area contributed by atoms with E-state index in [2.05, 4.69) is 4.18 Å². The van der Waals surface area contributed by atoms with E-state index in [1.807, 2.05) is 0 Å². The zero-order valence-electron chi connectivity index (χ0n) is 12.6. The van der Waals surface area contributed by atoms with Gasteiger partial charge in [0.25, 0.3) is 0 Å². The highest BCUT2D eigenvalue weighted by Crippen LogP contribution is 2.41. The molecule has 0 aliphatic carbocycles. The second-order valence-electron chi connectivity index (χ2n) is 5.15. The van der Waals surface area contributed by atoms with Gasteiger partial charge in [-0.1, -0.05) is 17.7 Å². The van der Waals surface area contributed by atoms with E-state index in [4.69, 9.17) is 16.7 Å². The third kappa shape index (κ3) is 3.55. The fraction of sp³-hybridized carbons (Fsp3) is 0.214. The number of alkyl halides is 3. The Morgan fingerprint density at radius 2 is 1.85 bits per heavy atom. The molecule has 2 aromatic carbocycles. The van der Waals surface area contributed by atoms with E-state index >= 15 is 0 Å². The highest BCUT2D eigenvalue weighted by atomic mass is 35.5. The molecule has 12 heteroatoms. The second kappa shape index (κ2) is 6.56. The number of carboxylic acid groups (broad SMARTS) is 1. The van der Waals surface area contributed by atoms with Gasteiger partial charge in [-0.25, -0.2) is 9.18 Å². The average Bonchev–Trinajstić information content (AvgIpc) is 2.47. The van der Waals surface area contributed by atoms with Crippen LogP contribution in [0.4, 0.5) is 17.6 Å². The minimum absolute atomic E-state index is 0.0254. The van der Waals surface area contributed by atoms with Gasteiger partial charge < -0.3 is 14.4 Å². The molecule has 0 radical (unpaired) electrons. The topological polar surface area (TPSA) is 101 Å². The lowest BCUT2D eigenvalue weighted by molar-refractivity contribution is -0.147. The van der Waals surface area contributed by atoms with Gasteiger partial charge in [0.1, 0.15) is 5.82 Å². The number of rotatable bonds is 4. The molecular formula is C14H9ClF4O6S. The maximum Gasteiger partial charge on any atom is 0.534 e. The van der Waals surface area contributed by atoms with E-state index < -0.39 is 55.2 Å². The van der Waals surface area contributed by atoms with E-state index in [1.165, 1.54) is 13.0 Å². The summed E-state index contributed by atoms with van der Waals surface area (Å²) in [5, 5.41) is 17.8. The molecule has 0 bridgehead atoms. The van der Waals surface area contributed by atoms with Crippen molar-refractivity contribution in [2.45, 2.75) is 18.5 Å². The van der Waals surface area contributed by atoms with Crippen LogP contribution in [-0.2, 0) is 14.9 Å². The van der Waals surface area contributed by atoms with Gasteiger partial charge in [-0.2, -0.15) is 21.6 Å². The van der Waals surface area contributed by atoms with Gasteiger partial charge >= 0.3 is 21.6 Å². The summed E-state index contributed by atoms with van der Waals surface area (Å²) in [4.78, 5) is 11.1. The average molecular weight is 417 g/mol. The van der Waals surface area contributed by atoms with Crippen LogP contribution in [-0.4, -0.2) is 30.1 Å². The SMILES string of the molecule is Cc1cc2cc(Cl)c(F)cc2c(OS(=O)(=O)C(F)(F)F)c1C(O)C(=O)O. The number of fused-ring (bicyclic) bond motifs is 1. The standard InChI is InChI=1S/C14H9ClF4O6S/c1-5-2-6-3-8(15)9(16)4-7(6)12(10(5)11(20)13(21)22)25-26(23,24)14(17,18)19/h2-4,11,20H,1H3,(H,21,22). The molecule has 0 spiro atoms. The molecule has 0 saturated carbocycles. The fourth-order valence-electron chi connectivity index (χ4n) is 2.22. The van der Waals surface area contributed by atoms with Gasteiger partial charge in [0, 0.05) is 10.9 Å². The summed E-state index contributed by atoms with van der Waals surface area (Å²) in [6, 6.07) is 2.76. The molecule has 1 unspecified atom stereocenters. The summed E-state index contributed by atoms with van der Waals surface area (Å²) >= 11 is 5.59. The van der Waals surface area contributed by atoms with Crippen molar-refractivity contribution in [1.82, 2.24) is 0 Å². The van der Waals surface area contributed by atoms with Crippen LogP contribution in [0.3, 0.4) is 0 Å². The Morgan fingerprint density at radius 1 is 1.27 bits per heavy atom. The molecule has 2 N–H and O–H groups in total. The van der Waals surface area contributed by atoms with Crippen LogP contribution in [0.25, 0.3) is 10.8 Å². The van der Waals surface area contributed by atoms with Crippen molar-refractivity contribution in [3.05, 3.63) is 40.2 Å². The minimum atomic E-state index is -6.22. The van der Waals surface area contributed by atoms with E-state index in [-0.39, 0.29) is 10.9 Å². The van der Waals surface area contributed by atoms with Crippen molar-refractivity contribution < 1.29 is 45.2 Å². The Labute approximate surface area is 148 Å². The molecule has 142 valence electrons. The van der Waals surface area contributed by atoms with Gasteiger partial charge in [0.2, 0.25) is 0 Å². The molecule has 26 heavy (non-hydrogen) atoms.